The number of aromatic amines is 1. The van der Waals surface area contributed by atoms with Crippen LogP contribution in [-0.2, 0) is 4.74 Å². The second kappa shape index (κ2) is 7.20. The molecular weight excluding hydrogens is 344 g/mol. The largest absolute Gasteiger partial charge is 0.378 e. The number of nitrogens with one attached hydrogen (secondary N) is 2. The Kier molecular flexibility index (Phi) is 4.60. The van der Waals surface area contributed by atoms with Gasteiger partial charge in [0.05, 0.1) is 18.7 Å². The molecule has 0 bridgehead atoms. The summed E-state index contributed by atoms with van der Waals surface area (Å²) in [5.41, 5.74) is 3.29. The van der Waals surface area contributed by atoms with Crippen LogP contribution in [0.15, 0.2) is 42.5 Å². The van der Waals surface area contributed by atoms with Crippen LogP contribution in [0.2, 0.25) is 0 Å². The molecule has 2 amide bonds. The molecule has 1 fully saturated rings. The number of H-pyrrole nitrogens is 1. The Hall–Kier alpha value is -3.19. The summed E-state index contributed by atoms with van der Waals surface area (Å²) < 4.78 is 5.29. The third-order valence-corrected chi connectivity index (χ3v) is 4.60. The normalized spacial score (nSPS) is 14.3. The van der Waals surface area contributed by atoms with Crippen molar-refractivity contribution in [1.82, 2.24) is 15.1 Å². The van der Waals surface area contributed by atoms with Crippen LogP contribution in [0.5, 0.6) is 0 Å². The Morgan fingerprint density at radius 3 is 2.78 bits per heavy atom. The molecule has 0 aliphatic carbocycles. The monoisotopic (exact) mass is 364 g/mol. The van der Waals surface area contributed by atoms with Crippen molar-refractivity contribution in [3.05, 3.63) is 59.3 Å². The fraction of sp³-hybridized carbons (Fsp3) is 0.250. The summed E-state index contributed by atoms with van der Waals surface area (Å²) in [5.74, 6) is -0.377. The standard InChI is InChI=1S/C20H20N4O3/c1-13-5-6-17-16(11-13)18(23-22-17)19(25)21-15-4-2-3-14(12-15)20(26)24-7-9-27-10-8-24/h2-6,11-12H,7-10H2,1H3,(H,21,25)(H,22,23). The molecule has 0 saturated carbocycles. The lowest BCUT2D eigenvalue weighted by molar-refractivity contribution is 0.0303. The maximum absolute atomic E-state index is 12.7. The lowest BCUT2D eigenvalue weighted by Crippen LogP contribution is -2.40. The molecule has 2 N–H and O–H groups in total. The van der Waals surface area contributed by atoms with Crippen LogP contribution in [0.1, 0.15) is 26.4 Å². The van der Waals surface area contributed by atoms with Gasteiger partial charge in [-0.25, -0.2) is 0 Å². The highest BCUT2D eigenvalue weighted by atomic mass is 16.5. The summed E-state index contributed by atoms with van der Waals surface area (Å²) in [5, 5.41) is 10.6. The first-order chi connectivity index (χ1) is 13.1. The molecule has 1 aliphatic rings. The highest BCUT2D eigenvalue weighted by Crippen LogP contribution is 2.20. The average molecular weight is 364 g/mol. The number of carbonyl (C=O) groups is 2. The minimum Gasteiger partial charge on any atom is -0.378 e. The number of anilines is 1. The van der Waals surface area contributed by atoms with Crippen LogP contribution < -0.4 is 5.32 Å². The number of hydrogen-bond acceptors (Lipinski definition) is 4. The predicted octanol–water partition coefficient (Wildman–Crippen LogP) is 2.60. The molecule has 4 rings (SSSR count). The number of morpholine rings is 1. The van der Waals surface area contributed by atoms with Crippen molar-refractivity contribution in [3.8, 4) is 0 Å². The van der Waals surface area contributed by atoms with Crippen LogP contribution >= 0.6 is 0 Å². The number of aromatic nitrogens is 2. The summed E-state index contributed by atoms with van der Waals surface area (Å²) in [6.45, 7) is 4.22. The minimum atomic E-state index is -0.317. The van der Waals surface area contributed by atoms with Gasteiger partial charge >= 0.3 is 0 Å². The maximum atomic E-state index is 12.7. The maximum Gasteiger partial charge on any atom is 0.276 e. The number of hydrogen-bond donors (Lipinski definition) is 2. The van der Waals surface area contributed by atoms with E-state index in [0.29, 0.717) is 43.2 Å². The van der Waals surface area contributed by atoms with Gasteiger partial charge in [0.2, 0.25) is 0 Å². The van der Waals surface area contributed by atoms with E-state index in [4.69, 9.17) is 4.74 Å². The van der Waals surface area contributed by atoms with Crippen LogP contribution in [0.3, 0.4) is 0 Å². The third kappa shape index (κ3) is 3.54. The molecule has 3 aromatic rings. The van der Waals surface area contributed by atoms with Gasteiger partial charge in [0.25, 0.3) is 11.8 Å². The van der Waals surface area contributed by atoms with Gasteiger partial charge in [-0.3, -0.25) is 14.7 Å². The molecule has 0 radical (unpaired) electrons. The van der Waals surface area contributed by atoms with E-state index in [-0.39, 0.29) is 11.8 Å². The fourth-order valence-electron chi connectivity index (χ4n) is 3.17. The van der Waals surface area contributed by atoms with Crippen molar-refractivity contribution in [2.45, 2.75) is 6.92 Å². The topological polar surface area (TPSA) is 87.3 Å². The highest BCUT2D eigenvalue weighted by Gasteiger charge is 2.19. The van der Waals surface area contributed by atoms with Crippen molar-refractivity contribution in [2.75, 3.05) is 31.6 Å². The summed E-state index contributed by atoms with van der Waals surface area (Å²) in [6.07, 6.45) is 0. The summed E-state index contributed by atoms with van der Waals surface area (Å²) in [4.78, 5) is 27.1. The molecule has 2 heterocycles. The number of amides is 2. The molecule has 138 valence electrons. The van der Waals surface area contributed by atoms with Crippen LogP contribution in [0.4, 0.5) is 5.69 Å². The van der Waals surface area contributed by atoms with E-state index in [1.54, 1.807) is 29.2 Å². The Balaban J connectivity index is 1.54. The molecule has 0 atom stereocenters. The molecule has 2 aromatic carbocycles. The van der Waals surface area contributed by atoms with E-state index in [0.717, 1.165) is 16.5 Å². The second-order valence-corrected chi connectivity index (χ2v) is 6.56. The molecule has 1 aromatic heterocycles. The smallest absolute Gasteiger partial charge is 0.276 e. The molecule has 7 nitrogen and oxygen atoms in total. The van der Waals surface area contributed by atoms with Crippen molar-refractivity contribution < 1.29 is 14.3 Å². The molecule has 0 unspecified atom stereocenters. The van der Waals surface area contributed by atoms with E-state index in [9.17, 15) is 9.59 Å². The number of rotatable bonds is 3. The third-order valence-electron chi connectivity index (χ3n) is 4.60. The van der Waals surface area contributed by atoms with Crippen LogP contribution in [0, 0.1) is 6.92 Å². The van der Waals surface area contributed by atoms with Crippen molar-refractivity contribution in [1.29, 1.82) is 0 Å². The van der Waals surface area contributed by atoms with Crippen molar-refractivity contribution >= 4 is 28.4 Å². The van der Waals surface area contributed by atoms with Crippen molar-refractivity contribution in [3.63, 3.8) is 0 Å². The van der Waals surface area contributed by atoms with E-state index in [2.05, 4.69) is 15.5 Å². The lowest BCUT2D eigenvalue weighted by atomic mass is 10.1. The Morgan fingerprint density at radius 1 is 1.15 bits per heavy atom. The van der Waals surface area contributed by atoms with Gasteiger partial charge < -0.3 is 15.0 Å². The summed E-state index contributed by atoms with van der Waals surface area (Å²) in [6, 6.07) is 12.7. The first-order valence-corrected chi connectivity index (χ1v) is 8.85. The van der Waals surface area contributed by atoms with Crippen LogP contribution in [-0.4, -0.2) is 53.2 Å². The van der Waals surface area contributed by atoms with Gasteiger partial charge in [0, 0.05) is 29.7 Å². The lowest BCUT2D eigenvalue weighted by Gasteiger charge is -2.27. The Labute approximate surface area is 156 Å². The van der Waals surface area contributed by atoms with E-state index in [1.165, 1.54) is 0 Å². The quantitative estimate of drug-likeness (QED) is 0.748. The first kappa shape index (κ1) is 17.2. The van der Waals surface area contributed by atoms with E-state index in [1.807, 2.05) is 25.1 Å². The molecule has 0 spiro atoms. The SMILES string of the molecule is Cc1ccc2[nH]nc(C(=O)Nc3cccc(C(=O)N4CCOCC4)c3)c2c1. The van der Waals surface area contributed by atoms with Crippen LogP contribution in [0.25, 0.3) is 10.9 Å². The van der Waals surface area contributed by atoms with Gasteiger partial charge in [-0.2, -0.15) is 5.10 Å². The number of fused-ring (bicyclic) bond motifs is 1. The number of aryl methyl sites for hydroxylation is 1. The second-order valence-electron chi connectivity index (χ2n) is 6.56. The molecular formula is C20H20N4O3. The predicted molar refractivity (Wildman–Crippen MR) is 102 cm³/mol. The number of nitrogens with zero attached hydrogens (tertiary/aromatic N) is 2. The van der Waals surface area contributed by atoms with Gasteiger partial charge in [0.15, 0.2) is 5.69 Å². The van der Waals surface area contributed by atoms with E-state index >= 15 is 0 Å². The summed E-state index contributed by atoms with van der Waals surface area (Å²) in [7, 11) is 0. The van der Waals surface area contributed by atoms with Gasteiger partial charge in [0.1, 0.15) is 0 Å². The fourth-order valence-corrected chi connectivity index (χ4v) is 3.17. The molecule has 1 saturated heterocycles. The zero-order valence-electron chi connectivity index (χ0n) is 15.0. The Bertz CT molecular complexity index is 1010. The first-order valence-electron chi connectivity index (χ1n) is 8.85. The highest BCUT2D eigenvalue weighted by molar-refractivity contribution is 6.11. The summed E-state index contributed by atoms with van der Waals surface area (Å²) >= 11 is 0. The molecule has 27 heavy (non-hydrogen) atoms. The van der Waals surface area contributed by atoms with E-state index < -0.39 is 0 Å². The minimum absolute atomic E-state index is 0.0600. The number of ether oxygens (including phenoxy) is 1. The van der Waals surface area contributed by atoms with Crippen molar-refractivity contribution in [2.24, 2.45) is 0 Å². The molecule has 1 aliphatic heterocycles. The molecule has 7 heteroatoms. The number of benzene rings is 2. The zero-order valence-corrected chi connectivity index (χ0v) is 15.0. The zero-order chi connectivity index (χ0) is 18.8. The van der Waals surface area contributed by atoms with Gasteiger partial charge in [-0.15, -0.1) is 0 Å². The Morgan fingerprint density at radius 2 is 1.96 bits per heavy atom. The average Bonchev–Trinajstić information content (AvgIpc) is 3.11. The number of carbonyl (C=O) groups excluding carboxylic acids is 2. The van der Waals surface area contributed by atoms with Gasteiger partial charge in [-0.05, 0) is 37.3 Å². The van der Waals surface area contributed by atoms with Gasteiger partial charge in [-0.1, -0.05) is 17.7 Å².